The van der Waals surface area contributed by atoms with Gasteiger partial charge in [-0.15, -0.1) is 5.10 Å². The Morgan fingerprint density at radius 2 is 2.00 bits per heavy atom. The summed E-state index contributed by atoms with van der Waals surface area (Å²) in [4.78, 5) is 12.1. The van der Waals surface area contributed by atoms with Crippen LogP contribution in [0.4, 0.5) is 0 Å². The van der Waals surface area contributed by atoms with Crippen molar-refractivity contribution < 1.29 is 9.53 Å². The van der Waals surface area contributed by atoms with E-state index < -0.39 is 5.97 Å². The van der Waals surface area contributed by atoms with Crippen LogP contribution in [-0.2, 0) is 6.54 Å². The number of esters is 1. The summed E-state index contributed by atoms with van der Waals surface area (Å²) in [5, 5.41) is 8.34. The Balaban J connectivity index is 1.71. The lowest BCUT2D eigenvalue weighted by Gasteiger charge is -2.04. The highest BCUT2D eigenvalue weighted by molar-refractivity contribution is 9.10. The van der Waals surface area contributed by atoms with E-state index in [1.807, 2.05) is 30.3 Å². The molecule has 3 aromatic rings. The van der Waals surface area contributed by atoms with E-state index in [0.29, 0.717) is 21.8 Å². The zero-order chi connectivity index (χ0) is 16.2. The van der Waals surface area contributed by atoms with Crippen LogP contribution in [0.2, 0.25) is 5.02 Å². The molecule has 3 rings (SSSR count). The molecule has 5 nitrogen and oxygen atoms in total. The van der Waals surface area contributed by atoms with Crippen molar-refractivity contribution >= 4 is 33.5 Å². The number of halogens is 2. The van der Waals surface area contributed by atoms with Gasteiger partial charge >= 0.3 is 5.97 Å². The fourth-order valence-electron chi connectivity index (χ4n) is 1.95. The van der Waals surface area contributed by atoms with Gasteiger partial charge in [-0.25, -0.2) is 9.48 Å². The molecule has 0 saturated heterocycles. The van der Waals surface area contributed by atoms with E-state index in [0.717, 1.165) is 5.56 Å². The Kier molecular flexibility index (Phi) is 4.73. The van der Waals surface area contributed by atoms with Crippen molar-refractivity contribution in [2.45, 2.75) is 6.54 Å². The maximum atomic E-state index is 12.1. The van der Waals surface area contributed by atoms with Crippen LogP contribution < -0.4 is 4.74 Å². The van der Waals surface area contributed by atoms with Gasteiger partial charge in [0.25, 0.3) is 0 Å². The summed E-state index contributed by atoms with van der Waals surface area (Å²) in [5.74, 6) is -0.204. The lowest BCUT2D eigenvalue weighted by Crippen LogP contribution is -2.09. The van der Waals surface area contributed by atoms with Crippen LogP contribution in [0, 0.1) is 0 Å². The van der Waals surface area contributed by atoms with Gasteiger partial charge in [0.2, 0.25) is 0 Å². The van der Waals surface area contributed by atoms with Gasteiger partial charge in [-0.1, -0.05) is 47.1 Å². The number of ether oxygens (including phenoxy) is 1. The molecular formula is C16H11BrClN3O2. The molecule has 1 aromatic heterocycles. The molecule has 2 aromatic carbocycles. The molecule has 7 heteroatoms. The Labute approximate surface area is 146 Å². The standard InChI is InChI=1S/C16H11BrClN3O2/c17-13-8-12(18)6-7-15(13)23-16(22)14-10-21(20-19-14)9-11-4-2-1-3-5-11/h1-8,10H,9H2. The number of aromatic nitrogens is 3. The number of nitrogens with zero attached hydrogens (tertiary/aromatic N) is 3. The molecule has 0 unspecified atom stereocenters. The molecular weight excluding hydrogens is 382 g/mol. The van der Waals surface area contributed by atoms with Crippen molar-refractivity contribution in [1.82, 2.24) is 15.0 Å². The molecule has 0 aliphatic carbocycles. The molecule has 0 spiro atoms. The predicted molar refractivity (Wildman–Crippen MR) is 89.7 cm³/mol. The number of benzene rings is 2. The molecule has 23 heavy (non-hydrogen) atoms. The Morgan fingerprint density at radius 3 is 2.74 bits per heavy atom. The van der Waals surface area contributed by atoms with Crippen molar-refractivity contribution in [3.8, 4) is 5.75 Å². The minimum absolute atomic E-state index is 0.141. The highest BCUT2D eigenvalue weighted by Crippen LogP contribution is 2.28. The van der Waals surface area contributed by atoms with Gasteiger partial charge in [-0.2, -0.15) is 0 Å². The zero-order valence-electron chi connectivity index (χ0n) is 11.8. The van der Waals surface area contributed by atoms with Crippen LogP contribution in [0.1, 0.15) is 16.1 Å². The molecule has 0 aliphatic heterocycles. The maximum Gasteiger partial charge on any atom is 0.365 e. The smallest absolute Gasteiger partial charge is 0.365 e. The largest absolute Gasteiger partial charge is 0.421 e. The number of rotatable bonds is 4. The first-order valence-corrected chi connectivity index (χ1v) is 7.90. The molecule has 0 amide bonds. The molecule has 1 heterocycles. The number of carbonyl (C=O) groups is 1. The molecule has 0 saturated carbocycles. The average Bonchev–Trinajstić information content (AvgIpc) is 3.00. The second-order valence-electron chi connectivity index (χ2n) is 4.75. The Hall–Kier alpha value is -2.18. The van der Waals surface area contributed by atoms with Gasteiger partial charge in [0.15, 0.2) is 5.69 Å². The summed E-state index contributed by atoms with van der Waals surface area (Å²) < 4.78 is 7.47. The zero-order valence-corrected chi connectivity index (χ0v) is 14.2. The third kappa shape index (κ3) is 3.97. The Bertz CT molecular complexity index is 836. The number of hydrogen-bond acceptors (Lipinski definition) is 4. The second kappa shape index (κ2) is 6.93. The average molecular weight is 393 g/mol. The number of carbonyl (C=O) groups excluding carboxylic acids is 1. The maximum absolute atomic E-state index is 12.1. The summed E-state index contributed by atoms with van der Waals surface area (Å²) in [6, 6.07) is 14.7. The van der Waals surface area contributed by atoms with E-state index >= 15 is 0 Å². The van der Waals surface area contributed by atoms with Crippen LogP contribution in [0.15, 0.2) is 59.2 Å². The monoisotopic (exact) mass is 391 g/mol. The summed E-state index contributed by atoms with van der Waals surface area (Å²) in [6.45, 7) is 0.533. The van der Waals surface area contributed by atoms with Crippen LogP contribution in [-0.4, -0.2) is 21.0 Å². The highest BCUT2D eigenvalue weighted by atomic mass is 79.9. The molecule has 0 aliphatic rings. The van der Waals surface area contributed by atoms with E-state index in [1.165, 1.54) is 0 Å². The topological polar surface area (TPSA) is 57.0 Å². The van der Waals surface area contributed by atoms with E-state index in [-0.39, 0.29) is 5.69 Å². The fraction of sp³-hybridized carbons (Fsp3) is 0.0625. The Morgan fingerprint density at radius 1 is 1.22 bits per heavy atom. The minimum atomic E-state index is -0.577. The van der Waals surface area contributed by atoms with Crippen molar-refractivity contribution in [3.05, 3.63) is 75.5 Å². The van der Waals surface area contributed by atoms with Gasteiger partial charge in [0.1, 0.15) is 5.75 Å². The van der Waals surface area contributed by atoms with Crippen LogP contribution in [0.5, 0.6) is 5.75 Å². The summed E-state index contributed by atoms with van der Waals surface area (Å²) in [5.41, 5.74) is 1.21. The summed E-state index contributed by atoms with van der Waals surface area (Å²) >= 11 is 9.15. The van der Waals surface area contributed by atoms with Gasteiger partial charge < -0.3 is 4.74 Å². The van der Waals surface area contributed by atoms with Crippen LogP contribution in [0.25, 0.3) is 0 Å². The first-order valence-electron chi connectivity index (χ1n) is 6.73. The molecule has 0 atom stereocenters. The van der Waals surface area contributed by atoms with Crippen molar-refractivity contribution in [3.63, 3.8) is 0 Å². The molecule has 116 valence electrons. The lowest BCUT2D eigenvalue weighted by atomic mass is 10.2. The van der Waals surface area contributed by atoms with Gasteiger partial charge in [0.05, 0.1) is 17.2 Å². The summed E-state index contributed by atoms with van der Waals surface area (Å²) in [7, 11) is 0. The number of hydrogen-bond donors (Lipinski definition) is 0. The third-order valence-electron chi connectivity index (χ3n) is 3.03. The third-order valence-corrected chi connectivity index (χ3v) is 3.89. The van der Waals surface area contributed by atoms with E-state index in [4.69, 9.17) is 16.3 Å². The van der Waals surface area contributed by atoms with Gasteiger partial charge in [0, 0.05) is 5.02 Å². The normalized spacial score (nSPS) is 10.5. The second-order valence-corrected chi connectivity index (χ2v) is 6.04. The molecule has 0 fully saturated rings. The van der Waals surface area contributed by atoms with E-state index in [2.05, 4.69) is 26.2 Å². The van der Waals surface area contributed by atoms with Crippen LogP contribution in [0.3, 0.4) is 0 Å². The molecule has 0 N–H and O–H groups in total. The van der Waals surface area contributed by atoms with Crippen LogP contribution >= 0.6 is 27.5 Å². The van der Waals surface area contributed by atoms with Crippen molar-refractivity contribution in [2.75, 3.05) is 0 Å². The van der Waals surface area contributed by atoms with E-state index in [9.17, 15) is 4.79 Å². The van der Waals surface area contributed by atoms with Gasteiger partial charge in [-0.3, -0.25) is 0 Å². The first-order chi connectivity index (χ1) is 11.1. The van der Waals surface area contributed by atoms with Crippen molar-refractivity contribution in [1.29, 1.82) is 0 Å². The minimum Gasteiger partial charge on any atom is -0.421 e. The lowest BCUT2D eigenvalue weighted by molar-refractivity contribution is 0.0727. The highest BCUT2D eigenvalue weighted by Gasteiger charge is 2.15. The predicted octanol–water partition coefficient (Wildman–Crippen LogP) is 3.96. The summed E-state index contributed by atoms with van der Waals surface area (Å²) in [6.07, 6.45) is 1.55. The first kappa shape index (κ1) is 15.7. The van der Waals surface area contributed by atoms with E-state index in [1.54, 1.807) is 29.1 Å². The molecule has 0 bridgehead atoms. The van der Waals surface area contributed by atoms with Gasteiger partial charge in [-0.05, 0) is 39.7 Å². The quantitative estimate of drug-likeness (QED) is 0.498. The fourth-order valence-corrected chi connectivity index (χ4v) is 2.71. The van der Waals surface area contributed by atoms with Crippen molar-refractivity contribution in [2.24, 2.45) is 0 Å². The SMILES string of the molecule is O=C(Oc1ccc(Cl)cc1Br)c1cn(Cc2ccccc2)nn1. The molecule has 0 radical (unpaired) electrons.